The SMILES string of the molecule is N#CC1C/C(=C2\c3ccc(Cl)cc3CCc3cc(Br)cnc32)CCN1. The van der Waals surface area contributed by atoms with Crippen molar-refractivity contribution in [1.82, 2.24) is 10.3 Å². The molecule has 2 heterocycles. The summed E-state index contributed by atoms with van der Waals surface area (Å²) < 4.78 is 1.000. The largest absolute Gasteiger partial charge is 0.301 e. The Labute approximate surface area is 160 Å². The molecule has 0 bridgehead atoms. The maximum absolute atomic E-state index is 9.35. The van der Waals surface area contributed by atoms with Gasteiger partial charge in [-0.15, -0.1) is 0 Å². The number of nitrogens with zero attached hydrogens (tertiary/aromatic N) is 2. The zero-order chi connectivity index (χ0) is 17.4. The van der Waals surface area contributed by atoms with Crippen LogP contribution in [-0.2, 0) is 12.8 Å². The molecule has 3 nitrogen and oxygen atoms in total. The normalized spacial score (nSPS) is 22.5. The number of nitriles is 1. The highest BCUT2D eigenvalue weighted by molar-refractivity contribution is 9.10. The van der Waals surface area contributed by atoms with Crippen molar-refractivity contribution in [3.63, 3.8) is 0 Å². The van der Waals surface area contributed by atoms with Crippen molar-refractivity contribution in [2.75, 3.05) is 6.54 Å². The van der Waals surface area contributed by atoms with Gasteiger partial charge in [-0.3, -0.25) is 4.98 Å². The maximum Gasteiger partial charge on any atom is 0.0990 e. The number of rotatable bonds is 0. The minimum absolute atomic E-state index is 0.130. The molecule has 1 N–H and O–H groups in total. The lowest BCUT2D eigenvalue weighted by molar-refractivity contribution is 0.539. The van der Waals surface area contributed by atoms with Crippen molar-refractivity contribution in [2.45, 2.75) is 31.7 Å². The van der Waals surface area contributed by atoms with Gasteiger partial charge in [0, 0.05) is 27.8 Å². The van der Waals surface area contributed by atoms with Gasteiger partial charge in [0.2, 0.25) is 0 Å². The second kappa shape index (κ2) is 6.92. The van der Waals surface area contributed by atoms with Gasteiger partial charge in [0.1, 0.15) is 0 Å². The fourth-order valence-electron chi connectivity index (χ4n) is 3.80. The Morgan fingerprint density at radius 3 is 2.88 bits per heavy atom. The first-order chi connectivity index (χ1) is 12.2. The molecule has 0 amide bonds. The number of piperidine rings is 1. The van der Waals surface area contributed by atoms with Crippen molar-refractivity contribution < 1.29 is 0 Å². The smallest absolute Gasteiger partial charge is 0.0990 e. The van der Waals surface area contributed by atoms with Gasteiger partial charge in [-0.05, 0) is 76.5 Å². The van der Waals surface area contributed by atoms with Gasteiger partial charge in [0.05, 0.1) is 17.8 Å². The van der Waals surface area contributed by atoms with Crippen molar-refractivity contribution >= 4 is 33.1 Å². The third-order valence-electron chi connectivity index (χ3n) is 4.95. The van der Waals surface area contributed by atoms with Crippen molar-refractivity contribution in [2.24, 2.45) is 0 Å². The Hall–Kier alpha value is -1.67. The lowest BCUT2D eigenvalue weighted by atomic mass is 9.87. The number of halogens is 2. The number of aryl methyl sites for hydroxylation is 2. The average Bonchev–Trinajstić information content (AvgIpc) is 2.78. The van der Waals surface area contributed by atoms with E-state index in [1.54, 1.807) is 0 Å². The van der Waals surface area contributed by atoms with E-state index in [4.69, 9.17) is 16.6 Å². The fourth-order valence-corrected chi connectivity index (χ4v) is 4.37. The van der Waals surface area contributed by atoms with Gasteiger partial charge in [-0.25, -0.2) is 0 Å². The van der Waals surface area contributed by atoms with Gasteiger partial charge in [0.25, 0.3) is 0 Å². The van der Waals surface area contributed by atoms with E-state index in [-0.39, 0.29) is 6.04 Å². The van der Waals surface area contributed by atoms with E-state index in [0.717, 1.165) is 47.4 Å². The first kappa shape index (κ1) is 16.8. The van der Waals surface area contributed by atoms with Crippen LogP contribution in [0.2, 0.25) is 5.02 Å². The van der Waals surface area contributed by atoms with Crippen LogP contribution in [0, 0.1) is 11.3 Å². The summed E-state index contributed by atoms with van der Waals surface area (Å²) in [6.07, 6.45) is 5.42. The Morgan fingerprint density at radius 1 is 1.20 bits per heavy atom. The molecular formula is C20H17BrClN3. The Morgan fingerprint density at radius 2 is 2.04 bits per heavy atom. The van der Waals surface area contributed by atoms with Crippen LogP contribution in [0.4, 0.5) is 0 Å². The Kier molecular flexibility index (Phi) is 4.64. The van der Waals surface area contributed by atoms with E-state index in [1.165, 1.54) is 27.8 Å². The molecule has 5 heteroatoms. The van der Waals surface area contributed by atoms with Gasteiger partial charge in [-0.2, -0.15) is 5.26 Å². The van der Waals surface area contributed by atoms with Crippen LogP contribution in [0.1, 0.15) is 35.2 Å². The highest BCUT2D eigenvalue weighted by atomic mass is 79.9. The number of nitrogens with one attached hydrogen (secondary N) is 1. The fraction of sp³-hybridized carbons (Fsp3) is 0.300. The van der Waals surface area contributed by atoms with Crippen LogP contribution in [-0.4, -0.2) is 17.6 Å². The second-order valence-corrected chi connectivity index (χ2v) is 7.88. The van der Waals surface area contributed by atoms with Crippen LogP contribution in [0.15, 0.2) is 40.5 Å². The summed E-state index contributed by atoms with van der Waals surface area (Å²) in [5.74, 6) is 0. The van der Waals surface area contributed by atoms with Crippen LogP contribution >= 0.6 is 27.5 Å². The third-order valence-corrected chi connectivity index (χ3v) is 5.62. The zero-order valence-corrected chi connectivity index (χ0v) is 16.0. The number of hydrogen-bond donors (Lipinski definition) is 1. The molecule has 1 atom stereocenters. The molecule has 4 rings (SSSR count). The molecule has 0 spiro atoms. The first-order valence-corrected chi connectivity index (χ1v) is 9.61. The predicted molar refractivity (Wildman–Crippen MR) is 103 cm³/mol. The topological polar surface area (TPSA) is 48.7 Å². The molecule has 2 aliphatic rings. The molecule has 1 saturated heterocycles. The van der Waals surface area contributed by atoms with E-state index >= 15 is 0 Å². The first-order valence-electron chi connectivity index (χ1n) is 8.44. The highest BCUT2D eigenvalue weighted by Crippen LogP contribution is 2.39. The summed E-state index contributed by atoms with van der Waals surface area (Å²) in [4.78, 5) is 4.77. The number of hydrogen-bond acceptors (Lipinski definition) is 3. The van der Waals surface area contributed by atoms with Gasteiger partial charge < -0.3 is 5.32 Å². The summed E-state index contributed by atoms with van der Waals surface area (Å²) in [5, 5.41) is 13.4. The number of pyridine rings is 1. The molecule has 1 unspecified atom stereocenters. The summed E-state index contributed by atoms with van der Waals surface area (Å²) in [6, 6.07) is 10.5. The number of aromatic nitrogens is 1. The molecule has 1 aromatic heterocycles. The van der Waals surface area contributed by atoms with E-state index in [0.29, 0.717) is 0 Å². The van der Waals surface area contributed by atoms with E-state index < -0.39 is 0 Å². The Bertz CT molecular complexity index is 858. The molecule has 1 aliphatic heterocycles. The van der Waals surface area contributed by atoms with E-state index in [2.05, 4.69) is 45.5 Å². The molecule has 1 fully saturated rings. The van der Waals surface area contributed by atoms with Crippen molar-refractivity contribution in [1.29, 1.82) is 5.26 Å². The molecular weight excluding hydrogens is 398 g/mol. The standard InChI is InChI=1S/C20H17BrClN3/c21-15-7-14-2-1-12-8-16(22)3-4-18(12)19(20(14)25-11-15)13-5-6-24-17(9-13)10-23/h3-4,7-8,11,17,24H,1-2,5-6,9H2/b19-13+. The average molecular weight is 415 g/mol. The number of fused-ring (bicyclic) bond motifs is 2. The van der Waals surface area contributed by atoms with Crippen LogP contribution in [0.25, 0.3) is 5.57 Å². The maximum atomic E-state index is 9.35. The lowest BCUT2D eigenvalue weighted by Crippen LogP contribution is -2.34. The van der Waals surface area contributed by atoms with Gasteiger partial charge >= 0.3 is 0 Å². The minimum Gasteiger partial charge on any atom is -0.301 e. The minimum atomic E-state index is -0.130. The molecule has 25 heavy (non-hydrogen) atoms. The summed E-state index contributed by atoms with van der Waals surface area (Å²) in [5.41, 5.74) is 7.29. The molecule has 2 aromatic rings. The zero-order valence-electron chi connectivity index (χ0n) is 13.6. The van der Waals surface area contributed by atoms with Crippen LogP contribution in [0.5, 0.6) is 0 Å². The second-order valence-electron chi connectivity index (χ2n) is 6.53. The molecule has 1 aliphatic carbocycles. The van der Waals surface area contributed by atoms with Crippen molar-refractivity contribution in [3.05, 3.63) is 67.9 Å². The molecule has 0 saturated carbocycles. The molecule has 1 aromatic carbocycles. The van der Waals surface area contributed by atoms with Crippen molar-refractivity contribution in [3.8, 4) is 6.07 Å². The van der Waals surface area contributed by atoms with Crippen LogP contribution < -0.4 is 5.32 Å². The predicted octanol–water partition coefficient (Wildman–Crippen LogP) is 4.67. The quantitative estimate of drug-likeness (QED) is 0.681. The third kappa shape index (κ3) is 3.25. The summed E-state index contributed by atoms with van der Waals surface area (Å²) in [6.45, 7) is 0.825. The van der Waals surface area contributed by atoms with E-state index in [1.807, 2.05) is 12.3 Å². The highest BCUT2D eigenvalue weighted by Gasteiger charge is 2.26. The van der Waals surface area contributed by atoms with Gasteiger partial charge in [0.15, 0.2) is 0 Å². The number of benzene rings is 1. The molecule has 126 valence electrons. The van der Waals surface area contributed by atoms with E-state index in [9.17, 15) is 5.26 Å². The summed E-state index contributed by atoms with van der Waals surface area (Å²) in [7, 11) is 0. The lowest BCUT2D eigenvalue weighted by Gasteiger charge is -2.25. The van der Waals surface area contributed by atoms with Gasteiger partial charge in [-0.1, -0.05) is 23.2 Å². The monoisotopic (exact) mass is 413 g/mol. The summed E-state index contributed by atoms with van der Waals surface area (Å²) >= 11 is 9.80. The molecule has 0 radical (unpaired) electrons. The Balaban J connectivity index is 1.96. The van der Waals surface area contributed by atoms with Crippen LogP contribution in [0.3, 0.4) is 0 Å².